The largest absolute Gasteiger partial charge is 0.484 e. The predicted octanol–water partition coefficient (Wildman–Crippen LogP) is 4.36. The third-order valence-electron chi connectivity index (χ3n) is 6.02. The highest BCUT2D eigenvalue weighted by atomic mass is 16.5. The SMILES string of the molecule is O=C(COc1ccc2ccccc2c1)N1CCN(C(=O)c2cccc3ccccc23)CC1. The molecule has 1 heterocycles. The molecule has 1 saturated heterocycles. The van der Waals surface area contributed by atoms with Gasteiger partial charge in [-0.2, -0.15) is 0 Å². The number of fused-ring (bicyclic) bond motifs is 2. The quantitative estimate of drug-likeness (QED) is 0.489. The first-order valence-corrected chi connectivity index (χ1v) is 10.9. The average molecular weight is 425 g/mol. The number of carbonyl (C=O) groups is 2. The van der Waals surface area contributed by atoms with Gasteiger partial charge in [-0.1, -0.05) is 66.7 Å². The molecule has 0 aliphatic carbocycles. The van der Waals surface area contributed by atoms with Crippen molar-refractivity contribution in [3.05, 3.63) is 90.5 Å². The van der Waals surface area contributed by atoms with Crippen LogP contribution in [0, 0.1) is 0 Å². The molecule has 0 radical (unpaired) electrons. The molecule has 0 atom stereocenters. The third-order valence-corrected chi connectivity index (χ3v) is 6.02. The van der Waals surface area contributed by atoms with Crippen LogP contribution in [0.5, 0.6) is 5.75 Å². The summed E-state index contributed by atoms with van der Waals surface area (Å²) in [5.74, 6) is 0.638. The van der Waals surface area contributed by atoms with Crippen molar-refractivity contribution in [1.82, 2.24) is 9.80 Å². The molecule has 5 heteroatoms. The number of rotatable bonds is 4. The minimum Gasteiger partial charge on any atom is -0.484 e. The molecular formula is C27H24N2O3. The van der Waals surface area contributed by atoms with Gasteiger partial charge in [0, 0.05) is 31.7 Å². The van der Waals surface area contributed by atoms with E-state index in [1.807, 2.05) is 89.8 Å². The molecular weight excluding hydrogens is 400 g/mol. The molecule has 5 nitrogen and oxygen atoms in total. The van der Waals surface area contributed by atoms with Gasteiger partial charge in [-0.3, -0.25) is 9.59 Å². The molecule has 0 aromatic heterocycles. The second-order valence-corrected chi connectivity index (χ2v) is 8.00. The summed E-state index contributed by atoms with van der Waals surface area (Å²) in [7, 11) is 0. The maximum Gasteiger partial charge on any atom is 0.260 e. The van der Waals surface area contributed by atoms with E-state index in [-0.39, 0.29) is 18.4 Å². The number of hydrogen-bond donors (Lipinski definition) is 0. The van der Waals surface area contributed by atoms with Crippen molar-refractivity contribution < 1.29 is 14.3 Å². The van der Waals surface area contributed by atoms with Crippen LogP contribution in [0.25, 0.3) is 21.5 Å². The van der Waals surface area contributed by atoms with Crippen LogP contribution in [0.2, 0.25) is 0 Å². The summed E-state index contributed by atoms with van der Waals surface area (Å²) in [5, 5.41) is 4.23. The van der Waals surface area contributed by atoms with Crippen LogP contribution in [-0.2, 0) is 4.79 Å². The van der Waals surface area contributed by atoms with Gasteiger partial charge in [0.05, 0.1) is 0 Å². The summed E-state index contributed by atoms with van der Waals surface area (Å²) in [5.41, 5.74) is 0.711. The Kier molecular flexibility index (Phi) is 5.46. The highest BCUT2D eigenvalue weighted by molar-refractivity contribution is 6.07. The van der Waals surface area contributed by atoms with Crippen molar-refractivity contribution in [3.8, 4) is 5.75 Å². The monoisotopic (exact) mass is 424 g/mol. The van der Waals surface area contributed by atoms with Crippen LogP contribution in [0.15, 0.2) is 84.9 Å². The van der Waals surface area contributed by atoms with Crippen LogP contribution in [0.4, 0.5) is 0 Å². The van der Waals surface area contributed by atoms with Gasteiger partial charge in [0.25, 0.3) is 11.8 Å². The number of nitrogens with zero attached hydrogens (tertiary/aromatic N) is 2. The highest BCUT2D eigenvalue weighted by Crippen LogP contribution is 2.22. The van der Waals surface area contributed by atoms with Gasteiger partial charge in [0.1, 0.15) is 5.75 Å². The minimum atomic E-state index is -0.0598. The zero-order valence-electron chi connectivity index (χ0n) is 17.7. The number of carbonyl (C=O) groups excluding carboxylic acids is 2. The summed E-state index contributed by atoms with van der Waals surface area (Å²) in [4.78, 5) is 29.4. The van der Waals surface area contributed by atoms with Crippen molar-refractivity contribution in [3.63, 3.8) is 0 Å². The molecule has 0 N–H and O–H groups in total. The summed E-state index contributed by atoms with van der Waals surface area (Å²) < 4.78 is 5.75. The van der Waals surface area contributed by atoms with E-state index < -0.39 is 0 Å². The van der Waals surface area contributed by atoms with Gasteiger partial charge in [0.2, 0.25) is 0 Å². The van der Waals surface area contributed by atoms with Crippen molar-refractivity contribution >= 4 is 33.4 Å². The van der Waals surface area contributed by atoms with Gasteiger partial charge < -0.3 is 14.5 Å². The Bertz CT molecular complexity index is 1290. The van der Waals surface area contributed by atoms with Crippen molar-refractivity contribution in [2.45, 2.75) is 0 Å². The lowest BCUT2D eigenvalue weighted by molar-refractivity contribution is -0.134. The first-order chi connectivity index (χ1) is 15.7. The molecule has 1 fully saturated rings. The van der Waals surface area contributed by atoms with E-state index in [4.69, 9.17) is 4.74 Å². The Morgan fingerprint density at radius 3 is 2.16 bits per heavy atom. The van der Waals surface area contributed by atoms with E-state index in [1.165, 1.54) is 0 Å². The number of ether oxygens (including phenoxy) is 1. The van der Waals surface area contributed by atoms with Crippen LogP contribution in [0.3, 0.4) is 0 Å². The fraction of sp³-hybridized carbons (Fsp3) is 0.185. The fourth-order valence-corrected chi connectivity index (χ4v) is 4.23. The van der Waals surface area contributed by atoms with Gasteiger partial charge >= 0.3 is 0 Å². The molecule has 4 aromatic carbocycles. The van der Waals surface area contributed by atoms with E-state index in [9.17, 15) is 9.59 Å². The number of hydrogen-bond acceptors (Lipinski definition) is 3. The highest BCUT2D eigenvalue weighted by Gasteiger charge is 2.25. The maximum atomic E-state index is 13.1. The van der Waals surface area contributed by atoms with Crippen molar-refractivity contribution in [1.29, 1.82) is 0 Å². The van der Waals surface area contributed by atoms with Crippen LogP contribution in [0.1, 0.15) is 10.4 Å². The van der Waals surface area contributed by atoms with Crippen molar-refractivity contribution in [2.75, 3.05) is 32.8 Å². The Hall–Kier alpha value is -3.86. The summed E-state index contributed by atoms with van der Waals surface area (Å²) in [6.07, 6.45) is 0. The normalized spacial score (nSPS) is 14.0. The van der Waals surface area contributed by atoms with Gasteiger partial charge in [-0.05, 0) is 39.7 Å². The molecule has 0 spiro atoms. The Balaban J connectivity index is 1.18. The van der Waals surface area contributed by atoms with Gasteiger partial charge in [-0.15, -0.1) is 0 Å². The van der Waals surface area contributed by atoms with Gasteiger partial charge in [0.15, 0.2) is 6.61 Å². The van der Waals surface area contributed by atoms with Crippen LogP contribution < -0.4 is 4.74 Å². The topological polar surface area (TPSA) is 49.9 Å². The first kappa shape index (κ1) is 20.1. The molecule has 1 aliphatic heterocycles. The second-order valence-electron chi connectivity index (χ2n) is 8.00. The number of piperazine rings is 1. The minimum absolute atomic E-state index is 0.00436. The standard InChI is InChI=1S/C27H24N2O3/c30-26(19-32-23-13-12-20-6-1-2-8-22(20)18-23)28-14-16-29(17-15-28)27(31)25-11-5-9-21-7-3-4-10-24(21)25/h1-13,18H,14-17,19H2. The molecule has 4 aromatic rings. The predicted molar refractivity (Wildman–Crippen MR) is 126 cm³/mol. The molecule has 5 rings (SSSR count). The Labute approximate surface area is 186 Å². The smallest absolute Gasteiger partial charge is 0.260 e. The second kappa shape index (κ2) is 8.71. The average Bonchev–Trinajstić information content (AvgIpc) is 2.86. The number of benzene rings is 4. The summed E-state index contributed by atoms with van der Waals surface area (Å²) >= 11 is 0. The molecule has 0 unspecified atom stereocenters. The summed E-state index contributed by atoms with van der Waals surface area (Å²) in [6.45, 7) is 2.05. The maximum absolute atomic E-state index is 13.1. The lowest BCUT2D eigenvalue weighted by Crippen LogP contribution is -2.51. The zero-order chi connectivity index (χ0) is 21.9. The fourth-order valence-electron chi connectivity index (χ4n) is 4.23. The van der Waals surface area contributed by atoms with Crippen LogP contribution >= 0.6 is 0 Å². The molecule has 0 saturated carbocycles. The lowest BCUT2D eigenvalue weighted by atomic mass is 10.0. The molecule has 1 aliphatic rings. The van der Waals surface area contributed by atoms with Crippen LogP contribution in [-0.4, -0.2) is 54.4 Å². The lowest BCUT2D eigenvalue weighted by Gasteiger charge is -2.35. The molecule has 32 heavy (non-hydrogen) atoms. The zero-order valence-corrected chi connectivity index (χ0v) is 17.7. The Morgan fingerprint density at radius 2 is 1.34 bits per heavy atom. The summed E-state index contributed by atoms with van der Waals surface area (Å²) in [6, 6.07) is 27.6. The molecule has 2 amide bonds. The molecule has 160 valence electrons. The van der Waals surface area contributed by atoms with E-state index in [2.05, 4.69) is 0 Å². The van der Waals surface area contributed by atoms with E-state index in [0.29, 0.717) is 37.5 Å². The van der Waals surface area contributed by atoms with E-state index >= 15 is 0 Å². The Morgan fingerprint density at radius 1 is 0.688 bits per heavy atom. The van der Waals surface area contributed by atoms with E-state index in [1.54, 1.807) is 4.90 Å². The molecule has 0 bridgehead atoms. The first-order valence-electron chi connectivity index (χ1n) is 10.9. The third kappa shape index (κ3) is 4.02. The van der Waals surface area contributed by atoms with Gasteiger partial charge in [-0.25, -0.2) is 0 Å². The van der Waals surface area contributed by atoms with Crippen molar-refractivity contribution in [2.24, 2.45) is 0 Å². The van der Waals surface area contributed by atoms with E-state index in [0.717, 1.165) is 21.5 Å². The number of amides is 2.